The second-order valence-corrected chi connectivity index (χ2v) is 4.55. The van der Waals surface area contributed by atoms with E-state index in [1.165, 1.54) is 0 Å². The van der Waals surface area contributed by atoms with Gasteiger partial charge in [-0.15, -0.1) is 0 Å². The van der Waals surface area contributed by atoms with Crippen molar-refractivity contribution in [1.82, 2.24) is 20.0 Å². The van der Waals surface area contributed by atoms with Crippen molar-refractivity contribution in [2.24, 2.45) is 5.73 Å². The number of thiocarbonyl (C=S) groups is 1. The van der Waals surface area contributed by atoms with Gasteiger partial charge in [-0.25, -0.2) is 0 Å². The average molecular weight is 253 g/mol. The fourth-order valence-electron chi connectivity index (χ4n) is 1.88. The van der Waals surface area contributed by atoms with Gasteiger partial charge in [-0.05, 0) is 0 Å². The molecule has 0 saturated carbocycles. The van der Waals surface area contributed by atoms with Crippen LogP contribution in [0.25, 0.3) is 0 Å². The molecule has 17 heavy (non-hydrogen) atoms. The Morgan fingerprint density at radius 1 is 1.47 bits per heavy atom. The third-order valence-electron chi connectivity index (χ3n) is 2.78. The van der Waals surface area contributed by atoms with Crippen LogP contribution in [0, 0.1) is 0 Å². The third-order valence-corrected chi connectivity index (χ3v) is 2.91. The molecule has 1 amide bonds. The Kier molecular flexibility index (Phi) is 3.70. The molecule has 0 aliphatic carbocycles. The number of carbonyl (C=O) groups excluding carboxylic acids is 1. The van der Waals surface area contributed by atoms with Crippen molar-refractivity contribution < 1.29 is 4.79 Å². The molecule has 92 valence electrons. The van der Waals surface area contributed by atoms with Gasteiger partial charge in [0.25, 0.3) is 5.91 Å². The number of hydrogen-bond donors (Lipinski definition) is 2. The van der Waals surface area contributed by atoms with E-state index in [4.69, 9.17) is 18.0 Å². The van der Waals surface area contributed by atoms with E-state index in [0.717, 1.165) is 13.1 Å². The monoisotopic (exact) mass is 253 g/mol. The summed E-state index contributed by atoms with van der Waals surface area (Å²) in [7, 11) is 0. The Morgan fingerprint density at radius 3 is 2.71 bits per heavy atom. The second-order valence-electron chi connectivity index (χ2n) is 4.02. The first kappa shape index (κ1) is 12.0. The van der Waals surface area contributed by atoms with Crippen molar-refractivity contribution in [3.63, 3.8) is 0 Å². The van der Waals surface area contributed by atoms with Crippen molar-refractivity contribution in [3.8, 4) is 0 Å². The zero-order chi connectivity index (χ0) is 12.3. The molecule has 0 radical (unpaired) electrons. The van der Waals surface area contributed by atoms with Crippen LogP contribution in [-0.2, 0) is 0 Å². The van der Waals surface area contributed by atoms with E-state index < -0.39 is 0 Å². The molecular formula is C10H15N5OS. The molecule has 2 rings (SSSR count). The molecule has 1 aliphatic rings. The molecule has 1 fully saturated rings. The highest BCUT2D eigenvalue weighted by Gasteiger charge is 2.22. The molecule has 0 bridgehead atoms. The summed E-state index contributed by atoms with van der Waals surface area (Å²) in [5.41, 5.74) is 6.10. The number of aromatic nitrogens is 2. The van der Waals surface area contributed by atoms with Gasteiger partial charge in [0.15, 0.2) is 0 Å². The number of piperazine rings is 1. The van der Waals surface area contributed by atoms with E-state index in [2.05, 4.69) is 15.1 Å². The summed E-state index contributed by atoms with van der Waals surface area (Å²) < 4.78 is 0. The number of carbonyl (C=O) groups is 1. The molecule has 6 nitrogen and oxygen atoms in total. The van der Waals surface area contributed by atoms with Crippen LogP contribution >= 0.6 is 12.2 Å². The number of nitrogens with zero attached hydrogens (tertiary/aromatic N) is 3. The maximum Gasteiger partial charge on any atom is 0.257 e. The topological polar surface area (TPSA) is 78.2 Å². The number of nitrogens with one attached hydrogen (secondary N) is 1. The molecule has 0 unspecified atom stereocenters. The van der Waals surface area contributed by atoms with Crippen molar-refractivity contribution in [2.75, 3.05) is 32.7 Å². The van der Waals surface area contributed by atoms with Crippen LogP contribution in [0.2, 0.25) is 0 Å². The van der Waals surface area contributed by atoms with Gasteiger partial charge in [0.1, 0.15) is 0 Å². The number of nitrogens with two attached hydrogens (primary N) is 1. The normalized spacial score (nSPS) is 17.1. The molecular weight excluding hydrogens is 238 g/mol. The summed E-state index contributed by atoms with van der Waals surface area (Å²) in [6.07, 6.45) is 3.16. The van der Waals surface area contributed by atoms with Crippen molar-refractivity contribution in [2.45, 2.75) is 0 Å². The van der Waals surface area contributed by atoms with Gasteiger partial charge in [-0.1, -0.05) is 12.2 Å². The molecule has 1 aromatic rings. The van der Waals surface area contributed by atoms with Gasteiger partial charge in [0.2, 0.25) is 0 Å². The maximum atomic E-state index is 12.0. The Labute approximate surface area is 105 Å². The molecule has 2 heterocycles. The van der Waals surface area contributed by atoms with Gasteiger partial charge >= 0.3 is 0 Å². The van der Waals surface area contributed by atoms with Gasteiger partial charge in [-0.2, -0.15) is 5.10 Å². The third kappa shape index (κ3) is 3.01. The summed E-state index contributed by atoms with van der Waals surface area (Å²) in [5.74, 6) is 0.0220. The quantitative estimate of drug-likeness (QED) is 0.707. The molecule has 7 heteroatoms. The molecule has 3 N–H and O–H groups in total. The van der Waals surface area contributed by atoms with Gasteiger partial charge in [0, 0.05) is 38.9 Å². The fourth-order valence-corrected chi connectivity index (χ4v) is 2.06. The summed E-state index contributed by atoms with van der Waals surface area (Å²) in [6, 6.07) is 0. The number of rotatable bonds is 3. The first-order valence-electron chi connectivity index (χ1n) is 5.45. The van der Waals surface area contributed by atoms with Crippen LogP contribution in [0.3, 0.4) is 0 Å². The fraction of sp³-hybridized carbons (Fsp3) is 0.500. The SMILES string of the molecule is NC(=S)CN1CCN(C(=O)c2cn[nH]c2)CC1. The van der Waals surface area contributed by atoms with E-state index in [1.54, 1.807) is 12.4 Å². The Balaban J connectivity index is 1.87. The van der Waals surface area contributed by atoms with Crippen molar-refractivity contribution in [1.29, 1.82) is 0 Å². The maximum absolute atomic E-state index is 12.0. The molecule has 1 aliphatic heterocycles. The lowest BCUT2D eigenvalue weighted by Crippen LogP contribution is -2.50. The number of H-pyrrole nitrogens is 1. The largest absolute Gasteiger partial charge is 0.392 e. The van der Waals surface area contributed by atoms with E-state index in [1.807, 2.05) is 4.90 Å². The van der Waals surface area contributed by atoms with Gasteiger partial charge < -0.3 is 10.6 Å². The van der Waals surface area contributed by atoms with E-state index in [-0.39, 0.29) is 5.91 Å². The highest BCUT2D eigenvalue weighted by molar-refractivity contribution is 7.80. The van der Waals surface area contributed by atoms with Gasteiger partial charge in [-0.3, -0.25) is 14.8 Å². The van der Waals surface area contributed by atoms with Gasteiger partial charge in [0.05, 0.1) is 16.7 Å². The Bertz CT molecular complexity index is 397. The van der Waals surface area contributed by atoms with Crippen LogP contribution in [0.15, 0.2) is 12.4 Å². The lowest BCUT2D eigenvalue weighted by atomic mass is 10.2. The lowest BCUT2D eigenvalue weighted by molar-refractivity contribution is 0.0654. The first-order valence-corrected chi connectivity index (χ1v) is 5.86. The van der Waals surface area contributed by atoms with Crippen LogP contribution in [0.1, 0.15) is 10.4 Å². The molecule has 0 spiro atoms. The lowest BCUT2D eigenvalue weighted by Gasteiger charge is -2.34. The van der Waals surface area contributed by atoms with E-state index in [9.17, 15) is 4.79 Å². The number of aromatic amines is 1. The highest BCUT2D eigenvalue weighted by atomic mass is 32.1. The highest BCUT2D eigenvalue weighted by Crippen LogP contribution is 2.07. The predicted octanol–water partition coefficient (Wildman–Crippen LogP) is -0.546. The van der Waals surface area contributed by atoms with Crippen LogP contribution in [0.4, 0.5) is 0 Å². The summed E-state index contributed by atoms with van der Waals surface area (Å²) in [5, 5.41) is 6.42. The summed E-state index contributed by atoms with van der Waals surface area (Å²) in [6.45, 7) is 3.64. The Hall–Kier alpha value is -1.47. The standard InChI is InChI=1S/C10H15N5OS/c11-9(17)7-14-1-3-15(4-2-14)10(16)8-5-12-13-6-8/h5-6H,1-4,7H2,(H2,11,17)(H,12,13). The second kappa shape index (κ2) is 5.24. The predicted molar refractivity (Wildman–Crippen MR) is 67.7 cm³/mol. The minimum Gasteiger partial charge on any atom is -0.392 e. The summed E-state index contributed by atoms with van der Waals surface area (Å²) in [4.78, 5) is 16.5. The minimum atomic E-state index is 0.0220. The number of hydrogen-bond acceptors (Lipinski definition) is 4. The molecule has 1 aromatic heterocycles. The molecule has 0 atom stereocenters. The summed E-state index contributed by atoms with van der Waals surface area (Å²) >= 11 is 4.87. The number of amides is 1. The van der Waals surface area contributed by atoms with Crippen LogP contribution in [0.5, 0.6) is 0 Å². The van der Waals surface area contributed by atoms with Crippen LogP contribution in [-0.4, -0.2) is 63.6 Å². The first-order chi connectivity index (χ1) is 8.16. The molecule has 0 aromatic carbocycles. The minimum absolute atomic E-state index is 0.0220. The van der Waals surface area contributed by atoms with Crippen LogP contribution < -0.4 is 5.73 Å². The smallest absolute Gasteiger partial charge is 0.257 e. The average Bonchev–Trinajstić information content (AvgIpc) is 2.82. The zero-order valence-electron chi connectivity index (χ0n) is 9.43. The molecule has 1 saturated heterocycles. The zero-order valence-corrected chi connectivity index (χ0v) is 10.2. The van der Waals surface area contributed by atoms with E-state index >= 15 is 0 Å². The van der Waals surface area contributed by atoms with Crippen molar-refractivity contribution in [3.05, 3.63) is 18.0 Å². The van der Waals surface area contributed by atoms with E-state index in [0.29, 0.717) is 30.2 Å². The van der Waals surface area contributed by atoms with Crippen molar-refractivity contribution >= 4 is 23.1 Å². The Morgan fingerprint density at radius 2 is 2.18 bits per heavy atom.